The van der Waals surface area contributed by atoms with Gasteiger partial charge >= 0.3 is 5.97 Å². The summed E-state index contributed by atoms with van der Waals surface area (Å²) in [7, 11) is 0. The lowest BCUT2D eigenvalue weighted by Gasteiger charge is -2.34. The second-order valence-electron chi connectivity index (χ2n) is 5.96. The average molecular weight is 296 g/mol. The lowest BCUT2D eigenvalue weighted by molar-refractivity contribution is -0.149. The molecule has 6 heteroatoms. The summed E-state index contributed by atoms with van der Waals surface area (Å²) in [4.78, 5) is 39.1. The number of carboxylic acids is 1. The van der Waals surface area contributed by atoms with Gasteiger partial charge in [-0.3, -0.25) is 14.4 Å². The van der Waals surface area contributed by atoms with Crippen molar-refractivity contribution in [1.29, 1.82) is 0 Å². The molecule has 0 radical (unpaired) electrons. The van der Waals surface area contributed by atoms with Gasteiger partial charge in [-0.2, -0.15) is 0 Å². The predicted molar refractivity (Wildman–Crippen MR) is 76.6 cm³/mol. The van der Waals surface area contributed by atoms with Crippen molar-refractivity contribution in [1.82, 2.24) is 9.80 Å². The zero-order valence-electron chi connectivity index (χ0n) is 12.6. The molecule has 2 amide bonds. The number of amides is 2. The van der Waals surface area contributed by atoms with Crippen LogP contribution in [-0.4, -0.2) is 58.4 Å². The highest BCUT2D eigenvalue weighted by molar-refractivity contribution is 5.88. The fraction of sp³-hybridized carbons (Fsp3) is 0.800. The molecule has 0 spiro atoms. The summed E-state index contributed by atoms with van der Waals surface area (Å²) in [5, 5.41) is 9.11. The number of likely N-dealkylation sites (tertiary alicyclic amines) is 2. The van der Waals surface area contributed by atoms with Crippen molar-refractivity contribution >= 4 is 17.8 Å². The molecule has 2 aliphatic heterocycles. The van der Waals surface area contributed by atoms with Crippen LogP contribution in [0.1, 0.15) is 45.4 Å². The SMILES string of the molecule is CCCC(=O)N1CCCC1C(=O)N1CCCC(C(=O)O)C1. The van der Waals surface area contributed by atoms with Gasteiger partial charge in [0.25, 0.3) is 0 Å². The van der Waals surface area contributed by atoms with Gasteiger partial charge in [0.1, 0.15) is 6.04 Å². The topological polar surface area (TPSA) is 77.9 Å². The number of rotatable bonds is 4. The van der Waals surface area contributed by atoms with Crippen LogP contribution in [0.25, 0.3) is 0 Å². The quantitative estimate of drug-likeness (QED) is 0.842. The molecule has 6 nitrogen and oxygen atoms in total. The van der Waals surface area contributed by atoms with E-state index < -0.39 is 11.9 Å². The zero-order chi connectivity index (χ0) is 15.4. The van der Waals surface area contributed by atoms with Crippen LogP contribution in [0.15, 0.2) is 0 Å². The van der Waals surface area contributed by atoms with Crippen LogP contribution in [0.2, 0.25) is 0 Å². The summed E-state index contributed by atoms with van der Waals surface area (Å²) in [6.45, 7) is 3.48. The molecule has 1 N–H and O–H groups in total. The molecule has 0 aromatic heterocycles. The molecule has 2 aliphatic rings. The fourth-order valence-electron chi connectivity index (χ4n) is 3.27. The van der Waals surface area contributed by atoms with Crippen LogP contribution in [-0.2, 0) is 14.4 Å². The molecule has 2 unspecified atom stereocenters. The van der Waals surface area contributed by atoms with Gasteiger partial charge in [0.2, 0.25) is 11.8 Å². The Balaban J connectivity index is 2.01. The summed E-state index contributed by atoms with van der Waals surface area (Å²) in [6.07, 6.45) is 4.15. The second kappa shape index (κ2) is 6.91. The second-order valence-corrected chi connectivity index (χ2v) is 5.96. The van der Waals surface area contributed by atoms with E-state index in [1.54, 1.807) is 9.80 Å². The van der Waals surface area contributed by atoms with Crippen LogP contribution in [0, 0.1) is 5.92 Å². The third-order valence-corrected chi connectivity index (χ3v) is 4.40. The summed E-state index contributed by atoms with van der Waals surface area (Å²) in [6, 6.07) is -0.378. The summed E-state index contributed by atoms with van der Waals surface area (Å²) < 4.78 is 0. The fourth-order valence-corrected chi connectivity index (χ4v) is 3.27. The van der Waals surface area contributed by atoms with Crippen LogP contribution in [0.4, 0.5) is 0 Å². The van der Waals surface area contributed by atoms with Gasteiger partial charge in [-0.15, -0.1) is 0 Å². The zero-order valence-corrected chi connectivity index (χ0v) is 12.6. The molecule has 0 aromatic carbocycles. The van der Waals surface area contributed by atoms with Gasteiger partial charge in [-0.25, -0.2) is 0 Å². The largest absolute Gasteiger partial charge is 0.481 e. The number of carbonyl (C=O) groups excluding carboxylic acids is 2. The number of carboxylic acid groups (broad SMARTS) is 1. The summed E-state index contributed by atoms with van der Waals surface area (Å²) in [5.74, 6) is -1.33. The molecule has 118 valence electrons. The Kier molecular flexibility index (Phi) is 5.20. The standard InChI is InChI=1S/C15H24N2O4/c1-2-5-13(18)17-9-4-7-12(17)14(19)16-8-3-6-11(10-16)15(20)21/h11-12H,2-10H2,1H3,(H,20,21). The van der Waals surface area contributed by atoms with Crippen molar-refractivity contribution in [2.24, 2.45) is 5.92 Å². The van der Waals surface area contributed by atoms with E-state index in [1.807, 2.05) is 6.92 Å². The molecule has 2 atom stereocenters. The van der Waals surface area contributed by atoms with Crippen molar-refractivity contribution in [2.75, 3.05) is 19.6 Å². The van der Waals surface area contributed by atoms with Gasteiger partial charge < -0.3 is 14.9 Å². The number of hydrogen-bond donors (Lipinski definition) is 1. The molecule has 0 aromatic rings. The molecule has 0 aliphatic carbocycles. The van der Waals surface area contributed by atoms with E-state index >= 15 is 0 Å². The smallest absolute Gasteiger partial charge is 0.308 e. The maximum atomic E-state index is 12.6. The maximum Gasteiger partial charge on any atom is 0.308 e. The van der Waals surface area contributed by atoms with Gasteiger partial charge in [0.15, 0.2) is 0 Å². The highest BCUT2D eigenvalue weighted by Gasteiger charge is 2.38. The minimum Gasteiger partial charge on any atom is -0.481 e. The Labute approximate surface area is 125 Å². The van der Waals surface area contributed by atoms with Crippen LogP contribution >= 0.6 is 0 Å². The molecule has 2 heterocycles. The number of carbonyl (C=O) groups is 3. The minimum atomic E-state index is -0.835. The first-order chi connectivity index (χ1) is 10.0. The van der Waals surface area contributed by atoms with E-state index in [4.69, 9.17) is 5.11 Å². The summed E-state index contributed by atoms with van der Waals surface area (Å²) in [5.41, 5.74) is 0. The first kappa shape index (κ1) is 15.8. The van der Waals surface area contributed by atoms with E-state index in [2.05, 4.69) is 0 Å². The van der Waals surface area contributed by atoms with E-state index in [-0.39, 0.29) is 24.4 Å². The van der Waals surface area contributed by atoms with Crippen molar-refractivity contribution in [2.45, 2.75) is 51.5 Å². The Hall–Kier alpha value is -1.59. The molecule has 0 bridgehead atoms. The number of aliphatic carboxylic acids is 1. The Bertz CT molecular complexity index is 424. The molecular weight excluding hydrogens is 272 g/mol. The minimum absolute atomic E-state index is 0.0418. The maximum absolute atomic E-state index is 12.6. The Morgan fingerprint density at radius 1 is 1.14 bits per heavy atom. The van der Waals surface area contributed by atoms with E-state index in [0.717, 1.165) is 19.3 Å². The molecule has 2 rings (SSSR count). The lowest BCUT2D eigenvalue weighted by Crippen LogP contribution is -2.51. The number of piperidine rings is 1. The van der Waals surface area contributed by atoms with Crippen LogP contribution < -0.4 is 0 Å². The highest BCUT2D eigenvalue weighted by atomic mass is 16.4. The third kappa shape index (κ3) is 3.54. The third-order valence-electron chi connectivity index (χ3n) is 4.40. The first-order valence-corrected chi connectivity index (χ1v) is 7.85. The van der Waals surface area contributed by atoms with Gasteiger partial charge in [-0.1, -0.05) is 6.92 Å². The summed E-state index contributed by atoms with van der Waals surface area (Å²) >= 11 is 0. The average Bonchev–Trinajstić information content (AvgIpc) is 2.96. The lowest BCUT2D eigenvalue weighted by atomic mass is 9.97. The molecular formula is C15H24N2O4. The van der Waals surface area contributed by atoms with Gasteiger partial charge in [0, 0.05) is 26.1 Å². The van der Waals surface area contributed by atoms with Crippen molar-refractivity contribution < 1.29 is 19.5 Å². The monoisotopic (exact) mass is 296 g/mol. The van der Waals surface area contributed by atoms with Crippen LogP contribution in [0.3, 0.4) is 0 Å². The molecule has 21 heavy (non-hydrogen) atoms. The van der Waals surface area contributed by atoms with Crippen molar-refractivity contribution in [3.63, 3.8) is 0 Å². The normalized spacial score (nSPS) is 26.0. The Morgan fingerprint density at radius 2 is 1.86 bits per heavy atom. The van der Waals surface area contributed by atoms with E-state index in [1.165, 1.54) is 0 Å². The van der Waals surface area contributed by atoms with Crippen molar-refractivity contribution in [3.05, 3.63) is 0 Å². The van der Waals surface area contributed by atoms with Gasteiger partial charge in [-0.05, 0) is 32.1 Å². The predicted octanol–water partition coefficient (Wildman–Crippen LogP) is 1.10. The first-order valence-electron chi connectivity index (χ1n) is 7.85. The van der Waals surface area contributed by atoms with Crippen LogP contribution in [0.5, 0.6) is 0 Å². The van der Waals surface area contributed by atoms with Gasteiger partial charge in [0.05, 0.1) is 5.92 Å². The Morgan fingerprint density at radius 3 is 2.52 bits per heavy atom. The molecule has 2 saturated heterocycles. The van der Waals surface area contributed by atoms with E-state index in [9.17, 15) is 14.4 Å². The van der Waals surface area contributed by atoms with Crippen molar-refractivity contribution in [3.8, 4) is 0 Å². The number of nitrogens with zero attached hydrogens (tertiary/aromatic N) is 2. The number of hydrogen-bond acceptors (Lipinski definition) is 3. The molecule has 0 saturated carbocycles. The highest BCUT2D eigenvalue weighted by Crippen LogP contribution is 2.24. The molecule has 2 fully saturated rings. The van der Waals surface area contributed by atoms with E-state index in [0.29, 0.717) is 32.4 Å².